The van der Waals surface area contributed by atoms with E-state index in [4.69, 9.17) is 5.73 Å². The summed E-state index contributed by atoms with van der Waals surface area (Å²) in [6, 6.07) is 10.8. The van der Waals surface area contributed by atoms with E-state index in [1.54, 1.807) is 29.1 Å². The molecule has 0 aliphatic heterocycles. The van der Waals surface area contributed by atoms with Gasteiger partial charge in [0.15, 0.2) is 9.84 Å². The van der Waals surface area contributed by atoms with Crippen LogP contribution in [0.5, 0.6) is 0 Å². The molecule has 1 amide bonds. The zero-order valence-electron chi connectivity index (χ0n) is 20.4. The maximum absolute atomic E-state index is 15.1. The van der Waals surface area contributed by atoms with Gasteiger partial charge in [-0.05, 0) is 48.4 Å². The quantitative estimate of drug-likeness (QED) is 0.338. The molecule has 0 fully saturated rings. The number of sulfone groups is 1. The van der Waals surface area contributed by atoms with Crippen molar-refractivity contribution in [2.24, 2.45) is 7.05 Å². The van der Waals surface area contributed by atoms with Crippen molar-refractivity contribution in [3.63, 3.8) is 0 Å². The van der Waals surface area contributed by atoms with Gasteiger partial charge in [0, 0.05) is 42.4 Å². The zero-order chi connectivity index (χ0) is 26.9. The number of hydrogen-bond acceptors (Lipinski definition) is 7. The topological polar surface area (TPSA) is 140 Å². The maximum Gasteiger partial charge on any atom is 0.254 e. The van der Waals surface area contributed by atoms with E-state index in [2.05, 4.69) is 15.4 Å². The number of carbonyl (C=O) groups excluding carboxylic acids is 1. The average molecular weight is 524 g/mol. The van der Waals surface area contributed by atoms with E-state index < -0.39 is 34.2 Å². The van der Waals surface area contributed by atoms with Crippen molar-refractivity contribution in [3.05, 3.63) is 83.6 Å². The van der Waals surface area contributed by atoms with Crippen molar-refractivity contribution in [1.29, 1.82) is 0 Å². The van der Waals surface area contributed by atoms with Crippen LogP contribution >= 0.6 is 0 Å². The molecule has 9 nitrogen and oxygen atoms in total. The third-order valence-electron chi connectivity index (χ3n) is 5.94. The number of hydrogen-bond donors (Lipinski definition) is 3. The zero-order valence-corrected chi connectivity index (χ0v) is 21.3. The highest BCUT2D eigenvalue weighted by molar-refractivity contribution is 7.90. The van der Waals surface area contributed by atoms with Crippen LogP contribution in [0.1, 0.15) is 27.7 Å². The predicted molar refractivity (Wildman–Crippen MR) is 138 cm³/mol. The molecule has 2 heterocycles. The Morgan fingerprint density at radius 3 is 2.54 bits per heavy atom. The Morgan fingerprint density at radius 2 is 1.92 bits per heavy atom. The number of nitrogens with zero attached hydrogens (tertiary/aromatic N) is 3. The van der Waals surface area contributed by atoms with Crippen molar-refractivity contribution in [1.82, 2.24) is 20.1 Å². The molecule has 1 atom stereocenters. The fourth-order valence-electron chi connectivity index (χ4n) is 4.04. The number of rotatable bonds is 7. The van der Waals surface area contributed by atoms with Gasteiger partial charge in [-0.2, -0.15) is 5.10 Å². The number of benzene rings is 2. The molecule has 4 aromatic rings. The van der Waals surface area contributed by atoms with Crippen LogP contribution in [0.25, 0.3) is 22.3 Å². The third-order valence-corrected chi connectivity index (χ3v) is 7.05. The number of carbonyl (C=O) groups is 1. The van der Waals surface area contributed by atoms with E-state index in [1.165, 1.54) is 30.3 Å². The summed E-state index contributed by atoms with van der Waals surface area (Å²) < 4.78 is 40.5. The number of aliphatic hydroxyl groups excluding tert-OH is 1. The van der Waals surface area contributed by atoms with E-state index in [9.17, 15) is 18.3 Å². The van der Waals surface area contributed by atoms with Crippen LogP contribution in [0.15, 0.2) is 65.8 Å². The minimum atomic E-state index is -3.49. The second-order valence-electron chi connectivity index (χ2n) is 8.71. The molecule has 2 aromatic carbocycles. The van der Waals surface area contributed by atoms with Crippen molar-refractivity contribution in [3.8, 4) is 22.3 Å². The summed E-state index contributed by atoms with van der Waals surface area (Å²) in [7, 11) is -1.68. The van der Waals surface area contributed by atoms with Gasteiger partial charge in [0.25, 0.3) is 5.91 Å². The van der Waals surface area contributed by atoms with Crippen molar-refractivity contribution in [2.45, 2.75) is 17.9 Å². The standard InChI is InChI=1S/C26H26FN5O4S/c1-15-22(13-32(2)31-15)18-10-21(25(28)29-12-18)16-7-8-20(23(27)11-16)26(34)30-24(14-33)17-5-4-6-19(9-17)37(3,35)36/h4-13,24,33H,14H2,1-3H3,(H2,28,29)(H,30,34)/t24-/m1/s1. The molecule has 4 rings (SSSR count). The molecular weight excluding hydrogens is 497 g/mol. The van der Waals surface area contributed by atoms with Gasteiger partial charge >= 0.3 is 0 Å². The number of nitrogens with one attached hydrogen (secondary N) is 1. The number of anilines is 1. The second kappa shape index (κ2) is 10.1. The molecule has 0 bridgehead atoms. The lowest BCUT2D eigenvalue weighted by molar-refractivity contribution is 0.0912. The molecule has 0 saturated heterocycles. The Balaban J connectivity index is 1.61. The van der Waals surface area contributed by atoms with Crippen molar-refractivity contribution < 1.29 is 22.7 Å². The van der Waals surface area contributed by atoms with Gasteiger partial charge in [0.2, 0.25) is 0 Å². The number of halogens is 1. The molecule has 0 aliphatic carbocycles. The summed E-state index contributed by atoms with van der Waals surface area (Å²) in [4.78, 5) is 17.1. The lowest BCUT2D eigenvalue weighted by atomic mass is 9.99. The lowest BCUT2D eigenvalue weighted by Gasteiger charge is -2.18. The molecule has 11 heteroatoms. The third kappa shape index (κ3) is 5.52. The number of pyridine rings is 1. The van der Waals surface area contributed by atoms with E-state index in [0.717, 1.165) is 23.1 Å². The average Bonchev–Trinajstić information content (AvgIpc) is 3.19. The first-order valence-electron chi connectivity index (χ1n) is 11.3. The van der Waals surface area contributed by atoms with Gasteiger partial charge in [0.1, 0.15) is 11.6 Å². The maximum atomic E-state index is 15.1. The number of nitrogen functional groups attached to an aromatic ring is 1. The molecular formula is C26H26FN5O4S. The first kappa shape index (κ1) is 26.0. The Kier molecular flexibility index (Phi) is 7.10. The molecule has 0 radical (unpaired) electrons. The van der Waals surface area contributed by atoms with Crippen LogP contribution < -0.4 is 11.1 Å². The summed E-state index contributed by atoms with van der Waals surface area (Å²) in [5.74, 6) is -1.36. The van der Waals surface area contributed by atoms with Gasteiger partial charge in [-0.15, -0.1) is 0 Å². The number of aryl methyl sites for hydroxylation is 2. The molecule has 37 heavy (non-hydrogen) atoms. The van der Waals surface area contributed by atoms with E-state index in [1.807, 2.05) is 20.2 Å². The number of amides is 1. The summed E-state index contributed by atoms with van der Waals surface area (Å²) >= 11 is 0. The first-order valence-corrected chi connectivity index (χ1v) is 13.1. The Bertz CT molecular complexity index is 1600. The van der Waals surface area contributed by atoms with Crippen LogP contribution in [0.2, 0.25) is 0 Å². The van der Waals surface area contributed by atoms with Gasteiger partial charge in [-0.1, -0.05) is 18.2 Å². The summed E-state index contributed by atoms with van der Waals surface area (Å²) in [6.07, 6.45) is 4.53. The number of aliphatic hydroxyl groups is 1. The van der Waals surface area contributed by atoms with Crippen LogP contribution in [0, 0.1) is 12.7 Å². The monoisotopic (exact) mass is 523 g/mol. The van der Waals surface area contributed by atoms with Gasteiger partial charge in [0.05, 0.1) is 28.8 Å². The smallest absolute Gasteiger partial charge is 0.254 e. The highest BCUT2D eigenvalue weighted by Crippen LogP contribution is 2.31. The summed E-state index contributed by atoms with van der Waals surface area (Å²) in [6.45, 7) is 1.36. The van der Waals surface area contributed by atoms with Crippen molar-refractivity contribution >= 4 is 21.6 Å². The van der Waals surface area contributed by atoms with Gasteiger partial charge in [-0.3, -0.25) is 9.48 Å². The number of aromatic nitrogens is 3. The molecule has 0 saturated carbocycles. The molecule has 0 spiro atoms. The Labute approximate surface area is 213 Å². The van der Waals surface area contributed by atoms with Crippen LogP contribution in [0.3, 0.4) is 0 Å². The SMILES string of the molecule is Cc1nn(C)cc1-c1cnc(N)c(-c2ccc(C(=O)N[C@H](CO)c3cccc(S(C)(=O)=O)c3)c(F)c2)c1. The van der Waals surface area contributed by atoms with E-state index in [-0.39, 0.29) is 16.3 Å². The van der Waals surface area contributed by atoms with Crippen LogP contribution in [-0.2, 0) is 16.9 Å². The van der Waals surface area contributed by atoms with E-state index >= 15 is 4.39 Å². The molecule has 0 unspecified atom stereocenters. The fourth-order valence-corrected chi connectivity index (χ4v) is 4.71. The minimum absolute atomic E-state index is 0.0446. The van der Waals surface area contributed by atoms with Gasteiger partial charge in [-0.25, -0.2) is 17.8 Å². The molecule has 2 aromatic heterocycles. The summed E-state index contributed by atoms with van der Waals surface area (Å²) in [5.41, 5.74) is 9.57. The van der Waals surface area contributed by atoms with Crippen molar-refractivity contribution in [2.75, 3.05) is 18.6 Å². The lowest BCUT2D eigenvalue weighted by Crippen LogP contribution is -2.31. The Morgan fingerprint density at radius 1 is 1.16 bits per heavy atom. The normalized spacial score (nSPS) is 12.4. The van der Waals surface area contributed by atoms with Gasteiger partial charge < -0.3 is 16.2 Å². The molecule has 192 valence electrons. The fraction of sp³-hybridized carbons (Fsp3) is 0.192. The highest BCUT2D eigenvalue weighted by atomic mass is 32.2. The predicted octanol–water partition coefficient (Wildman–Crippen LogP) is 3.05. The first-order chi connectivity index (χ1) is 17.5. The second-order valence-corrected chi connectivity index (χ2v) is 10.7. The van der Waals surface area contributed by atoms with E-state index in [0.29, 0.717) is 16.7 Å². The highest BCUT2D eigenvalue weighted by Gasteiger charge is 2.20. The largest absolute Gasteiger partial charge is 0.394 e. The minimum Gasteiger partial charge on any atom is -0.394 e. The number of nitrogens with two attached hydrogens (primary N) is 1. The van der Waals surface area contributed by atoms with Crippen LogP contribution in [-0.4, -0.2) is 47.1 Å². The summed E-state index contributed by atoms with van der Waals surface area (Å²) in [5, 5.41) is 16.7. The molecule has 4 N–H and O–H groups in total. The van der Waals surface area contributed by atoms with Crippen LogP contribution in [0.4, 0.5) is 10.2 Å². The molecule has 0 aliphatic rings. The Hall–Kier alpha value is -4.09.